The third kappa shape index (κ3) is 4.06. The van der Waals surface area contributed by atoms with Gasteiger partial charge in [-0.2, -0.15) is 4.98 Å². The van der Waals surface area contributed by atoms with Crippen molar-refractivity contribution in [2.24, 2.45) is 0 Å². The van der Waals surface area contributed by atoms with Gasteiger partial charge in [0.2, 0.25) is 5.95 Å². The van der Waals surface area contributed by atoms with E-state index >= 15 is 0 Å². The van der Waals surface area contributed by atoms with Gasteiger partial charge < -0.3 is 10.2 Å². The summed E-state index contributed by atoms with van der Waals surface area (Å²) in [5.41, 5.74) is 0. The monoisotopic (exact) mass is 298 g/mol. The Labute approximate surface area is 120 Å². The number of hydrogen-bond donors (Lipinski definition) is 1. The molecule has 0 aliphatic carbocycles. The maximum Gasteiger partial charge on any atom is 0.224 e. The zero-order valence-electron chi connectivity index (χ0n) is 12.0. The Morgan fingerprint density at radius 2 is 2.30 bits per heavy atom. The van der Waals surface area contributed by atoms with Crippen molar-refractivity contribution in [1.82, 2.24) is 9.97 Å². The van der Waals surface area contributed by atoms with Gasteiger partial charge in [0, 0.05) is 25.8 Å². The highest BCUT2D eigenvalue weighted by molar-refractivity contribution is 7.91. The molecule has 1 aliphatic heterocycles. The van der Waals surface area contributed by atoms with Crippen molar-refractivity contribution in [3.05, 3.63) is 12.3 Å². The quantitative estimate of drug-likeness (QED) is 0.853. The van der Waals surface area contributed by atoms with Crippen molar-refractivity contribution >= 4 is 21.6 Å². The Hall–Kier alpha value is -1.37. The van der Waals surface area contributed by atoms with E-state index in [0.29, 0.717) is 12.4 Å². The maximum absolute atomic E-state index is 11.4. The normalized spacial score (nSPS) is 20.8. The zero-order chi connectivity index (χ0) is 14.6. The predicted molar refractivity (Wildman–Crippen MR) is 80.9 cm³/mol. The average molecular weight is 298 g/mol. The largest absolute Gasteiger partial charge is 0.360 e. The average Bonchev–Trinajstić information content (AvgIpc) is 2.75. The fourth-order valence-electron chi connectivity index (χ4n) is 2.23. The first kappa shape index (κ1) is 15.0. The van der Waals surface area contributed by atoms with Crippen LogP contribution in [0.5, 0.6) is 0 Å². The summed E-state index contributed by atoms with van der Waals surface area (Å²) in [5, 5.41) is 3.12. The number of hydrogen-bond acceptors (Lipinski definition) is 6. The van der Waals surface area contributed by atoms with Crippen molar-refractivity contribution in [3.63, 3.8) is 0 Å². The Kier molecular flexibility index (Phi) is 4.80. The number of sulfone groups is 1. The van der Waals surface area contributed by atoms with Gasteiger partial charge >= 0.3 is 0 Å². The lowest BCUT2D eigenvalue weighted by atomic mass is 10.3. The lowest BCUT2D eigenvalue weighted by Gasteiger charge is -2.19. The van der Waals surface area contributed by atoms with Crippen molar-refractivity contribution in [3.8, 4) is 0 Å². The predicted octanol–water partition coefficient (Wildman–Crippen LogP) is 1.31. The minimum absolute atomic E-state index is 0.0730. The highest BCUT2D eigenvalue weighted by Gasteiger charge is 2.28. The van der Waals surface area contributed by atoms with Gasteiger partial charge in [0.05, 0.1) is 11.5 Å². The van der Waals surface area contributed by atoms with Gasteiger partial charge in [-0.15, -0.1) is 0 Å². The van der Waals surface area contributed by atoms with Crippen LogP contribution in [0.4, 0.5) is 11.8 Å². The third-order valence-electron chi connectivity index (χ3n) is 3.44. The molecule has 112 valence electrons. The summed E-state index contributed by atoms with van der Waals surface area (Å²) in [6, 6.07) is 1.79. The fourth-order valence-corrected chi connectivity index (χ4v) is 3.91. The summed E-state index contributed by atoms with van der Waals surface area (Å²) in [6.45, 7) is 3.10. The molecule has 0 bridgehead atoms. The van der Waals surface area contributed by atoms with Gasteiger partial charge in [0.1, 0.15) is 5.82 Å². The minimum atomic E-state index is -2.88. The Morgan fingerprint density at radius 1 is 1.50 bits per heavy atom. The summed E-state index contributed by atoms with van der Waals surface area (Å²) in [5.74, 6) is 1.79. The van der Waals surface area contributed by atoms with E-state index in [2.05, 4.69) is 27.1 Å². The minimum Gasteiger partial charge on any atom is -0.360 e. The van der Waals surface area contributed by atoms with Crippen LogP contribution in [0.3, 0.4) is 0 Å². The van der Waals surface area contributed by atoms with Crippen molar-refractivity contribution < 1.29 is 8.42 Å². The molecule has 0 saturated carbocycles. The van der Waals surface area contributed by atoms with Crippen molar-refractivity contribution in [1.29, 1.82) is 0 Å². The molecule has 1 atom stereocenters. The lowest BCUT2D eigenvalue weighted by molar-refractivity contribution is 0.602. The van der Waals surface area contributed by atoms with Gasteiger partial charge in [-0.05, 0) is 18.9 Å². The molecule has 2 heterocycles. The second kappa shape index (κ2) is 6.39. The van der Waals surface area contributed by atoms with Crippen LogP contribution in [0.25, 0.3) is 0 Å². The van der Waals surface area contributed by atoms with Gasteiger partial charge in [-0.3, -0.25) is 0 Å². The van der Waals surface area contributed by atoms with Gasteiger partial charge in [-0.1, -0.05) is 13.3 Å². The first-order valence-electron chi connectivity index (χ1n) is 7.01. The van der Waals surface area contributed by atoms with E-state index in [1.54, 1.807) is 6.20 Å². The van der Waals surface area contributed by atoms with Gasteiger partial charge in [0.15, 0.2) is 9.84 Å². The highest BCUT2D eigenvalue weighted by atomic mass is 32.2. The number of rotatable bonds is 6. The number of unbranched alkanes of at least 4 members (excludes halogenated alkanes) is 1. The molecule has 2 rings (SSSR count). The van der Waals surface area contributed by atoms with E-state index < -0.39 is 9.84 Å². The smallest absolute Gasteiger partial charge is 0.224 e. The van der Waals surface area contributed by atoms with Crippen LogP contribution in [0.2, 0.25) is 0 Å². The SMILES string of the molecule is CCCCN(C)c1ccnc(NC2CCS(=O)(=O)C2)n1. The molecule has 0 spiro atoms. The molecule has 7 heteroatoms. The number of anilines is 2. The number of nitrogens with one attached hydrogen (secondary N) is 1. The van der Waals surface area contributed by atoms with Crippen LogP contribution in [0, 0.1) is 0 Å². The lowest BCUT2D eigenvalue weighted by Crippen LogP contribution is -2.24. The first-order chi connectivity index (χ1) is 9.50. The molecule has 20 heavy (non-hydrogen) atoms. The summed E-state index contributed by atoms with van der Waals surface area (Å²) < 4.78 is 22.9. The molecule has 1 N–H and O–H groups in total. The summed E-state index contributed by atoms with van der Waals surface area (Å²) in [6.07, 6.45) is 4.59. The van der Waals surface area contributed by atoms with Crippen LogP contribution < -0.4 is 10.2 Å². The Balaban J connectivity index is 1.99. The molecule has 6 nitrogen and oxygen atoms in total. The van der Waals surface area contributed by atoms with Crippen LogP contribution in [-0.4, -0.2) is 49.5 Å². The standard InChI is InChI=1S/C13H22N4O2S/c1-3-4-8-17(2)12-5-7-14-13(16-12)15-11-6-9-20(18,19)10-11/h5,7,11H,3-4,6,8-10H2,1-2H3,(H,14,15,16). The summed E-state index contributed by atoms with van der Waals surface area (Å²) in [7, 11) is -0.881. The number of aromatic nitrogens is 2. The van der Waals surface area contributed by atoms with Gasteiger partial charge in [-0.25, -0.2) is 13.4 Å². The summed E-state index contributed by atoms with van der Waals surface area (Å²) >= 11 is 0. The molecule has 1 aromatic heterocycles. The van der Waals surface area contributed by atoms with Crippen LogP contribution in [0.1, 0.15) is 26.2 Å². The van der Waals surface area contributed by atoms with Crippen molar-refractivity contribution in [2.75, 3.05) is 35.3 Å². The summed E-state index contributed by atoms with van der Waals surface area (Å²) in [4.78, 5) is 10.7. The second-order valence-corrected chi connectivity index (χ2v) is 7.49. The number of nitrogens with zero attached hydrogens (tertiary/aromatic N) is 3. The Bertz CT molecular complexity index is 547. The van der Waals surface area contributed by atoms with E-state index in [4.69, 9.17) is 0 Å². The van der Waals surface area contributed by atoms with E-state index in [0.717, 1.165) is 25.2 Å². The fraction of sp³-hybridized carbons (Fsp3) is 0.692. The zero-order valence-corrected chi connectivity index (χ0v) is 12.9. The highest BCUT2D eigenvalue weighted by Crippen LogP contribution is 2.17. The molecule has 1 aliphatic rings. The molecule has 1 saturated heterocycles. The first-order valence-corrected chi connectivity index (χ1v) is 8.83. The van der Waals surface area contributed by atoms with Crippen LogP contribution >= 0.6 is 0 Å². The third-order valence-corrected chi connectivity index (χ3v) is 5.21. The molecule has 1 fully saturated rings. The van der Waals surface area contributed by atoms with Gasteiger partial charge in [0.25, 0.3) is 0 Å². The van der Waals surface area contributed by atoms with Crippen LogP contribution in [-0.2, 0) is 9.84 Å². The van der Waals surface area contributed by atoms with E-state index in [1.807, 2.05) is 13.1 Å². The molecule has 0 aromatic carbocycles. The molecular weight excluding hydrogens is 276 g/mol. The van der Waals surface area contributed by atoms with Crippen molar-refractivity contribution in [2.45, 2.75) is 32.2 Å². The second-order valence-electron chi connectivity index (χ2n) is 5.26. The molecule has 0 amide bonds. The molecule has 0 radical (unpaired) electrons. The maximum atomic E-state index is 11.4. The Morgan fingerprint density at radius 3 is 2.95 bits per heavy atom. The van der Waals surface area contributed by atoms with E-state index in [9.17, 15) is 8.42 Å². The topological polar surface area (TPSA) is 75.2 Å². The van der Waals surface area contributed by atoms with Crippen LogP contribution in [0.15, 0.2) is 12.3 Å². The molecular formula is C13H22N4O2S. The molecule has 1 unspecified atom stereocenters. The molecule has 1 aromatic rings. The van der Waals surface area contributed by atoms with E-state index in [-0.39, 0.29) is 17.5 Å². The van der Waals surface area contributed by atoms with E-state index in [1.165, 1.54) is 0 Å².